The first-order valence-electron chi connectivity index (χ1n) is 8.15. The fourth-order valence-electron chi connectivity index (χ4n) is 4.22. The van der Waals surface area contributed by atoms with Gasteiger partial charge in [0.25, 0.3) is 0 Å². The lowest BCUT2D eigenvalue weighted by Gasteiger charge is -2.22. The maximum Gasteiger partial charge on any atom is 0.0517 e. The van der Waals surface area contributed by atoms with Crippen LogP contribution in [0.5, 0.6) is 0 Å². The molecule has 2 nitrogen and oxygen atoms in total. The van der Waals surface area contributed by atoms with Crippen molar-refractivity contribution in [3.05, 3.63) is 35.0 Å². The number of aromatic nitrogens is 1. The summed E-state index contributed by atoms with van der Waals surface area (Å²) in [4.78, 5) is 0. The van der Waals surface area contributed by atoms with Gasteiger partial charge in [-0.3, -0.25) is 0 Å². The van der Waals surface area contributed by atoms with E-state index in [4.69, 9.17) is 0 Å². The van der Waals surface area contributed by atoms with Crippen LogP contribution in [0.15, 0.2) is 18.2 Å². The highest BCUT2D eigenvalue weighted by Crippen LogP contribution is 2.34. The van der Waals surface area contributed by atoms with Crippen LogP contribution in [-0.2, 0) is 19.4 Å². The van der Waals surface area contributed by atoms with Crippen LogP contribution in [0.2, 0.25) is 0 Å². The van der Waals surface area contributed by atoms with Gasteiger partial charge in [-0.05, 0) is 69.2 Å². The molecule has 1 aromatic carbocycles. The molecule has 106 valence electrons. The maximum absolute atomic E-state index is 3.48. The van der Waals surface area contributed by atoms with E-state index in [1.54, 1.807) is 22.0 Å². The molecule has 1 N–H and O–H groups in total. The Hall–Kier alpha value is -1.28. The summed E-state index contributed by atoms with van der Waals surface area (Å²) in [6, 6.07) is 6.94. The summed E-state index contributed by atoms with van der Waals surface area (Å²) in [6.07, 6.45) is 6.51. The quantitative estimate of drug-likeness (QED) is 0.883. The van der Waals surface area contributed by atoms with E-state index in [0.29, 0.717) is 0 Å². The van der Waals surface area contributed by atoms with Crippen molar-refractivity contribution in [3.8, 4) is 0 Å². The molecule has 0 saturated carbocycles. The number of nitrogens with one attached hydrogen (secondary N) is 1. The average Bonchev–Trinajstić information content (AvgIpc) is 2.77. The van der Waals surface area contributed by atoms with Crippen molar-refractivity contribution < 1.29 is 0 Å². The van der Waals surface area contributed by atoms with E-state index in [2.05, 4.69) is 35.0 Å². The van der Waals surface area contributed by atoms with E-state index in [9.17, 15) is 0 Å². The van der Waals surface area contributed by atoms with Gasteiger partial charge < -0.3 is 9.88 Å². The van der Waals surface area contributed by atoms with Crippen LogP contribution in [0.4, 0.5) is 0 Å². The summed E-state index contributed by atoms with van der Waals surface area (Å²) in [5.41, 5.74) is 6.27. The Kier molecular flexibility index (Phi) is 3.07. The number of para-hydroxylation sites is 1. The predicted molar refractivity (Wildman–Crippen MR) is 84.3 cm³/mol. The molecule has 0 radical (unpaired) electrons. The Morgan fingerprint density at radius 3 is 2.95 bits per heavy atom. The predicted octanol–water partition coefficient (Wildman–Crippen LogP) is 3.44. The van der Waals surface area contributed by atoms with Gasteiger partial charge in [0.05, 0.1) is 5.52 Å². The Morgan fingerprint density at radius 2 is 2.10 bits per heavy atom. The molecule has 2 aliphatic rings. The molecule has 0 aliphatic carbocycles. The van der Waals surface area contributed by atoms with Crippen LogP contribution in [0.1, 0.15) is 36.1 Å². The third-order valence-corrected chi connectivity index (χ3v) is 5.34. The lowest BCUT2D eigenvalue weighted by Crippen LogP contribution is -2.28. The first kappa shape index (κ1) is 12.5. The first-order chi connectivity index (χ1) is 9.84. The molecule has 0 unspecified atom stereocenters. The standard InChI is InChI=1S/C18H24N2/c1-13-17(12-14-7-9-19-10-8-14)16-6-2-4-15-5-3-11-20(13)18(15)16/h2,4,6,14,19H,3,5,7-12H2,1H3. The zero-order valence-electron chi connectivity index (χ0n) is 12.4. The molecule has 2 aromatic rings. The number of hydrogen-bond acceptors (Lipinski definition) is 1. The lowest BCUT2D eigenvalue weighted by atomic mass is 9.89. The average molecular weight is 268 g/mol. The molecule has 0 amide bonds. The number of piperidine rings is 1. The monoisotopic (exact) mass is 268 g/mol. The van der Waals surface area contributed by atoms with Crippen LogP contribution in [0, 0.1) is 12.8 Å². The second-order valence-electron chi connectivity index (χ2n) is 6.53. The largest absolute Gasteiger partial charge is 0.344 e. The van der Waals surface area contributed by atoms with Crippen LogP contribution >= 0.6 is 0 Å². The van der Waals surface area contributed by atoms with Crippen molar-refractivity contribution in [1.82, 2.24) is 9.88 Å². The molecule has 2 aliphatic heterocycles. The number of nitrogens with zero attached hydrogens (tertiary/aromatic N) is 1. The van der Waals surface area contributed by atoms with Gasteiger partial charge in [0.2, 0.25) is 0 Å². The van der Waals surface area contributed by atoms with E-state index < -0.39 is 0 Å². The van der Waals surface area contributed by atoms with Gasteiger partial charge in [-0.15, -0.1) is 0 Å². The summed E-state index contributed by atoms with van der Waals surface area (Å²) in [6.45, 7) is 5.96. The van der Waals surface area contributed by atoms with Crippen LogP contribution in [-0.4, -0.2) is 17.7 Å². The van der Waals surface area contributed by atoms with Gasteiger partial charge in [-0.25, -0.2) is 0 Å². The van der Waals surface area contributed by atoms with Crippen LogP contribution in [0.25, 0.3) is 10.9 Å². The molecule has 4 rings (SSSR count). The Bertz CT molecular complexity index is 632. The Labute approximate surface area is 121 Å². The molecule has 0 bridgehead atoms. The molecule has 20 heavy (non-hydrogen) atoms. The number of benzene rings is 1. The molecule has 3 heterocycles. The number of aryl methyl sites for hydroxylation is 2. The minimum Gasteiger partial charge on any atom is -0.344 e. The second kappa shape index (κ2) is 4.92. The molecule has 0 atom stereocenters. The summed E-state index contributed by atoms with van der Waals surface area (Å²) >= 11 is 0. The van der Waals surface area contributed by atoms with E-state index in [1.165, 1.54) is 57.4 Å². The minimum atomic E-state index is 0.874. The van der Waals surface area contributed by atoms with E-state index >= 15 is 0 Å². The molecule has 1 saturated heterocycles. The first-order valence-corrected chi connectivity index (χ1v) is 8.15. The normalized spacial score (nSPS) is 19.6. The number of rotatable bonds is 2. The molecule has 0 spiro atoms. The van der Waals surface area contributed by atoms with Crippen molar-refractivity contribution in [2.24, 2.45) is 5.92 Å². The topological polar surface area (TPSA) is 17.0 Å². The van der Waals surface area contributed by atoms with Gasteiger partial charge in [0.1, 0.15) is 0 Å². The highest BCUT2D eigenvalue weighted by atomic mass is 15.0. The van der Waals surface area contributed by atoms with E-state index in [0.717, 1.165) is 5.92 Å². The zero-order valence-corrected chi connectivity index (χ0v) is 12.4. The zero-order chi connectivity index (χ0) is 13.5. The third kappa shape index (κ3) is 1.89. The smallest absolute Gasteiger partial charge is 0.0517 e. The Morgan fingerprint density at radius 1 is 1.25 bits per heavy atom. The highest BCUT2D eigenvalue weighted by Gasteiger charge is 2.22. The number of hydrogen-bond donors (Lipinski definition) is 1. The molecular formula is C18H24N2. The van der Waals surface area contributed by atoms with Crippen molar-refractivity contribution in [1.29, 1.82) is 0 Å². The van der Waals surface area contributed by atoms with E-state index in [-0.39, 0.29) is 0 Å². The maximum atomic E-state index is 3.48. The highest BCUT2D eigenvalue weighted by molar-refractivity contribution is 5.88. The fourth-order valence-corrected chi connectivity index (χ4v) is 4.22. The van der Waals surface area contributed by atoms with Crippen molar-refractivity contribution in [2.75, 3.05) is 13.1 Å². The van der Waals surface area contributed by atoms with Crippen LogP contribution < -0.4 is 5.32 Å². The summed E-state index contributed by atoms with van der Waals surface area (Å²) in [5.74, 6) is 0.874. The van der Waals surface area contributed by atoms with Crippen molar-refractivity contribution in [2.45, 2.75) is 45.6 Å². The fraction of sp³-hybridized carbons (Fsp3) is 0.556. The minimum absolute atomic E-state index is 0.874. The molecular weight excluding hydrogens is 244 g/mol. The van der Waals surface area contributed by atoms with Gasteiger partial charge in [0, 0.05) is 17.6 Å². The summed E-state index contributed by atoms with van der Waals surface area (Å²) in [7, 11) is 0. The van der Waals surface area contributed by atoms with E-state index in [1.807, 2.05) is 0 Å². The van der Waals surface area contributed by atoms with Crippen molar-refractivity contribution in [3.63, 3.8) is 0 Å². The SMILES string of the molecule is Cc1c(CC2CCNCC2)c2cccc3c2n1CCC3. The molecule has 1 fully saturated rings. The summed E-state index contributed by atoms with van der Waals surface area (Å²) in [5, 5.41) is 5.02. The summed E-state index contributed by atoms with van der Waals surface area (Å²) < 4.78 is 2.59. The van der Waals surface area contributed by atoms with Gasteiger partial charge in [-0.2, -0.15) is 0 Å². The lowest BCUT2D eigenvalue weighted by molar-refractivity contribution is 0.372. The van der Waals surface area contributed by atoms with Gasteiger partial charge >= 0.3 is 0 Å². The van der Waals surface area contributed by atoms with Gasteiger partial charge in [-0.1, -0.05) is 18.2 Å². The second-order valence-corrected chi connectivity index (χ2v) is 6.53. The van der Waals surface area contributed by atoms with Gasteiger partial charge in [0.15, 0.2) is 0 Å². The van der Waals surface area contributed by atoms with Crippen LogP contribution in [0.3, 0.4) is 0 Å². The Balaban J connectivity index is 1.79. The molecule has 1 aromatic heterocycles. The third-order valence-electron chi connectivity index (χ3n) is 5.34. The molecule has 2 heteroatoms. The van der Waals surface area contributed by atoms with Crippen molar-refractivity contribution >= 4 is 10.9 Å².